The van der Waals surface area contributed by atoms with Gasteiger partial charge >= 0.3 is 0 Å². The maximum Gasteiger partial charge on any atom is 0.257 e. The molecule has 136 valence electrons. The molecule has 1 amide bonds. The van der Waals surface area contributed by atoms with Crippen LogP contribution >= 0.6 is 28.1 Å². The van der Waals surface area contributed by atoms with E-state index < -0.39 is 0 Å². The third kappa shape index (κ3) is 5.86. The molecule has 0 radical (unpaired) electrons. The number of thiocarbonyl (C=S) groups is 1. The second kappa shape index (κ2) is 9.94. The van der Waals surface area contributed by atoms with Crippen molar-refractivity contribution < 1.29 is 14.3 Å². The Hall–Kier alpha value is -2.38. The first-order chi connectivity index (χ1) is 12.5. The number of anilines is 1. The topological polar surface area (TPSA) is 59.6 Å². The Morgan fingerprint density at radius 3 is 2.77 bits per heavy atom. The van der Waals surface area contributed by atoms with Crippen LogP contribution in [0.2, 0.25) is 0 Å². The number of benzene rings is 2. The van der Waals surface area contributed by atoms with Gasteiger partial charge in [-0.15, -0.1) is 0 Å². The molecule has 2 N–H and O–H groups in total. The molecule has 2 aromatic carbocycles. The smallest absolute Gasteiger partial charge is 0.257 e. The van der Waals surface area contributed by atoms with Crippen LogP contribution in [0.4, 0.5) is 5.69 Å². The van der Waals surface area contributed by atoms with E-state index in [4.69, 9.17) is 21.7 Å². The van der Waals surface area contributed by atoms with E-state index >= 15 is 0 Å². The monoisotopic (exact) mass is 434 g/mol. The molecule has 0 atom stereocenters. The second-order valence-electron chi connectivity index (χ2n) is 5.11. The van der Waals surface area contributed by atoms with Gasteiger partial charge in [-0.3, -0.25) is 10.1 Å². The number of ether oxygens (including phenoxy) is 2. The van der Waals surface area contributed by atoms with Crippen LogP contribution in [-0.2, 0) is 0 Å². The van der Waals surface area contributed by atoms with Gasteiger partial charge in [0.25, 0.3) is 5.91 Å². The van der Waals surface area contributed by atoms with Crippen molar-refractivity contribution >= 4 is 44.9 Å². The van der Waals surface area contributed by atoms with E-state index in [1.807, 2.05) is 25.1 Å². The van der Waals surface area contributed by atoms with E-state index in [2.05, 4.69) is 33.1 Å². The molecular formula is C19H19BrN2O3S. The zero-order valence-electron chi connectivity index (χ0n) is 14.3. The van der Waals surface area contributed by atoms with Crippen LogP contribution in [0.5, 0.6) is 11.5 Å². The maximum absolute atomic E-state index is 12.3. The van der Waals surface area contributed by atoms with Crippen LogP contribution in [0.25, 0.3) is 0 Å². The lowest BCUT2D eigenvalue weighted by atomic mass is 10.2. The third-order valence-corrected chi connectivity index (χ3v) is 4.00. The summed E-state index contributed by atoms with van der Waals surface area (Å²) < 4.78 is 11.6. The van der Waals surface area contributed by atoms with Crippen molar-refractivity contribution in [1.29, 1.82) is 0 Å². The molecule has 0 saturated heterocycles. The van der Waals surface area contributed by atoms with E-state index in [1.165, 1.54) is 0 Å². The van der Waals surface area contributed by atoms with Crippen molar-refractivity contribution in [2.45, 2.75) is 6.92 Å². The summed E-state index contributed by atoms with van der Waals surface area (Å²) in [6, 6.07) is 12.4. The van der Waals surface area contributed by atoms with Crippen molar-refractivity contribution in [3.8, 4) is 11.5 Å². The summed E-state index contributed by atoms with van der Waals surface area (Å²) in [6.45, 7) is 6.47. The maximum atomic E-state index is 12.3. The Labute approximate surface area is 166 Å². The SMILES string of the molecule is C=CCOc1cccc(NC(=S)NC(=O)c2ccc(OCC)c(Br)c2)c1. The van der Waals surface area contributed by atoms with E-state index in [0.29, 0.717) is 40.4 Å². The molecule has 0 aliphatic carbocycles. The van der Waals surface area contributed by atoms with Gasteiger partial charge in [0.2, 0.25) is 0 Å². The van der Waals surface area contributed by atoms with Gasteiger partial charge in [0.05, 0.1) is 11.1 Å². The van der Waals surface area contributed by atoms with E-state index in [9.17, 15) is 4.79 Å². The van der Waals surface area contributed by atoms with Crippen molar-refractivity contribution in [2.75, 3.05) is 18.5 Å². The van der Waals surface area contributed by atoms with Gasteiger partial charge in [-0.1, -0.05) is 18.7 Å². The van der Waals surface area contributed by atoms with Crippen LogP contribution in [0.1, 0.15) is 17.3 Å². The molecule has 0 saturated carbocycles. The zero-order valence-corrected chi connectivity index (χ0v) is 16.7. The molecule has 2 aromatic rings. The summed E-state index contributed by atoms with van der Waals surface area (Å²) in [5.74, 6) is 1.05. The fourth-order valence-electron chi connectivity index (χ4n) is 2.07. The van der Waals surface area contributed by atoms with E-state index in [1.54, 1.807) is 30.3 Å². The van der Waals surface area contributed by atoms with E-state index in [0.717, 1.165) is 0 Å². The number of nitrogens with one attached hydrogen (secondary N) is 2. The van der Waals surface area contributed by atoms with Gasteiger partial charge in [0.15, 0.2) is 5.11 Å². The van der Waals surface area contributed by atoms with E-state index in [-0.39, 0.29) is 11.0 Å². The summed E-state index contributed by atoms with van der Waals surface area (Å²) >= 11 is 8.60. The first-order valence-corrected chi connectivity index (χ1v) is 9.12. The molecule has 7 heteroatoms. The fraction of sp³-hybridized carbons (Fsp3) is 0.158. The Morgan fingerprint density at radius 1 is 1.27 bits per heavy atom. The number of hydrogen-bond acceptors (Lipinski definition) is 4. The van der Waals surface area contributed by atoms with Crippen molar-refractivity contribution in [3.05, 3.63) is 65.2 Å². The summed E-state index contributed by atoms with van der Waals surface area (Å²) in [6.07, 6.45) is 1.67. The number of carbonyl (C=O) groups excluding carboxylic acids is 1. The molecule has 26 heavy (non-hydrogen) atoms. The van der Waals surface area contributed by atoms with Crippen molar-refractivity contribution in [3.63, 3.8) is 0 Å². The Bertz CT molecular complexity index is 811. The van der Waals surface area contributed by atoms with Gasteiger partial charge < -0.3 is 14.8 Å². The summed E-state index contributed by atoms with van der Waals surface area (Å²) in [7, 11) is 0. The van der Waals surface area contributed by atoms with Gasteiger partial charge in [-0.2, -0.15) is 0 Å². The lowest BCUT2D eigenvalue weighted by Crippen LogP contribution is -2.34. The quantitative estimate of drug-likeness (QED) is 0.494. The summed E-state index contributed by atoms with van der Waals surface area (Å²) in [5.41, 5.74) is 1.18. The highest BCUT2D eigenvalue weighted by molar-refractivity contribution is 9.10. The number of hydrogen-bond donors (Lipinski definition) is 2. The van der Waals surface area contributed by atoms with Crippen LogP contribution < -0.4 is 20.1 Å². The molecule has 0 aromatic heterocycles. The first-order valence-electron chi connectivity index (χ1n) is 7.92. The number of carbonyl (C=O) groups is 1. The zero-order chi connectivity index (χ0) is 18.9. The van der Waals surface area contributed by atoms with Crippen LogP contribution in [-0.4, -0.2) is 24.2 Å². The minimum Gasteiger partial charge on any atom is -0.493 e. The van der Waals surface area contributed by atoms with Crippen molar-refractivity contribution in [2.24, 2.45) is 0 Å². The highest BCUT2D eigenvalue weighted by Crippen LogP contribution is 2.26. The molecule has 0 aliphatic rings. The first kappa shape index (κ1) is 19.9. The summed E-state index contributed by atoms with van der Waals surface area (Å²) in [5, 5.41) is 5.81. The average Bonchev–Trinajstić information content (AvgIpc) is 2.62. The largest absolute Gasteiger partial charge is 0.493 e. The molecular weight excluding hydrogens is 416 g/mol. The van der Waals surface area contributed by atoms with Crippen LogP contribution in [0.15, 0.2) is 59.6 Å². The minimum atomic E-state index is -0.315. The molecule has 0 unspecified atom stereocenters. The Morgan fingerprint density at radius 2 is 2.08 bits per heavy atom. The summed E-state index contributed by atoms with van der Waals surface area (Å²) in [4.78, 5) is 12.3. The fourth-order valence-corrected chi connectivity index (χ4v) is 2.77. The molecule has 0 spiro atoms. The average molecular weight is 435 g/mol. The highest BCUT2D eigenvalue weighted by Gasteiger charge is 2.11. The van der Waals surface area contributed by atoms with Crippen LogP contribution in [0, 0.1) is 0 Å². The van der Waals surface area contributed by atoms with Gasteiger partial charge in [-0.25, -0.2) is 0 Å². The van der Waals surface area contributed by atoms with Crippen molar-refractivity contribution in [1.82, 2.24) is 5.32 Å². The molecule has 0 aliphatic heterocycles. The molecule has 0 fully saturated rings. The minimum absolute atomic E-state index is 0.195. The van der Waals surface area contributed by atoms with Gasteiger partial charge in [-0.05, 0) is 65.4 Å². The van der Waals surface area contributed by atoms with Gasteiger partial charge in [0.1, 0.15) is 18.1 Å². The third-order valence-electron chi connectivity index (χ3n) is 3.18. The molecule has 2 rings (SSSR count). The molecule has 5 nitrogen and oxygen atoms in total. The van der Waals surface area contributed by atoms with Crippen LogP contribution in [0.3, 0.4) is 0 Å². The molecule has 0 heterocycles. The molecule has 0 bridgehead atoms. The predicted molar refractivity (Wildman–Crippen MR) is 111 cm³/mol. The highest BCUT2D eigenvalue weighted by atomic mass is 79.9. The number of amides is 1. The number of rotatable bonds is 7. The lowest BCUT2D eigenvalue weighted by molar-refractivity contribution is 0.0977. The number of halogens is 1. The Balaban J connectivity index is 1.98. The normalized spacial score (nSPS) is 9.92. The Kier molecular flexibility index (Phi) is 7.62. The second-order valence-corrected chi connectivity index (χ2v) is 6.38. The lowest BCUT2D eigenvalue weighted by Gasteiger charge is -2.12. The van der Waals surface area contributed by atoms with Gasteiger partial charge in [0, 0.05) is 17.3 Å². The standard InChI is InChI=1S/C19H19BrN2O3S/c1-3-10-25-15-7-5-6-14(12-15)21-19(26)22-18(23)13-8-9-17(24-4-2)16(20)11-13/h3,5-9,11-12H,1,4,10H2,2H3,(H2,21,22,23,26). The predicted octanol–water partition coefficient (Wildman–Crippen LogP) is 4.54.